The fourth-order valence-electron chi connectivity index (χ4n) is 3.20. The Kier molecular flexibility index (Phi) is 5.14. The van der Waals surface area contributed by atoms with Crippen LogP contribution in [0.15, 0.2) is 41.3 Å². The number of carbonyl (C=O) groups is 1. The minimum atomic E-state index is 0.146. The Morgan fingerprint density at radius 3 is 2.71 bits per heavy atom. The normalized spacial score (nSPS) is 13.5. The van der Waals surface area contributed by atoms with Crippen LogP contribution in [0.4, 0.5) is 5.69 Å². The Labute approximate surface area is 148 Å². The van der Waals surface area contributed by atoms with Crippen LogP contribution in [0.2, 0.25) is 0 Å². The molecule has 0 bridgehead atoms. The van der Waals surface area contributed by atoms with Crippen molar-refractivity contribution in [3.63, 3.8) is 0 Å². The zero-order valence-electron chi connectivity index (χ0n) is 14.5. The van der Waals surface area contributed by atoms with Crippen molar-refractivity contribution >= 4 is 23.4 Å². The Bertz CT molecular complexity index is 757. The van der Waals surface area contributed by atoms with Gasteiger partial charge in [-0.2, -0.15) is 0 Å². The predicted octanol–water partition coefficient (Wildman–Crippen LogP) is 4.38. The van der Waals surface area contributed by atoms with Gasteiger partial charge in [0.05, 0.1) is 18.6 Å². The van der Waals surface area contributed by atoms with E-state index in [1.54, 1.807) is 18.9 Å². The number of fused-ring (bicyclic) bond motifs is 1. The Morgan fingerprint density at radius 2 is 1.96 bits per heavy atom. The molecule has 3 nitrogen and oxygen atoms in total. The largest absolute Gasteiger partial charge is 0.495 e. The number of methoxy groups -OCH3 is 1. The highest BCUT2D eigenvalue weighted by Crippen LogP contribution is 2.38. The van der Waals surface area contributed by atoms with Crippen LogP contribution in [0.25, 0.3) is 0 Å². The summed E-state index contributed by atoms with van der Waals surface area (Å²) in [7, 11) is 1.67. The molecular formula is C20H23NO2S. The maximum absolute atomic E-state index is 12.9. The lowest BCUT2D eigenvalue weighted by atomic mass is 9.96. The lowest BCUT2D eigenvalue weighted by Crippen LogP contribution is -2.37. The smallest absolute Gasteiger partial charge is 0.237 e. The number of rotatable bonds is 4. The van der Waals surface area contributed by atoms with Gasteiger partial charge in [-0.15, -0.1) is 11.8 Å². The zero-order valence-corrected chi connectivity index (χ0v) is 15.3. The number of anilines is 1. The van der Waals surface area contributed by atoms with E-state index in [0.29, 0.717) is 5.75 Å². The third-order valence-corrected chi connectivity index (χ3v) is 5.68. The number of aryl methyl sites for hydroxylation is 2. The molecule has 126 valence electrons. The minimum absolute atomic E-state index is 0.146. The second kappa shape index (κ2) is 7.31. The maximum Gasteiger partial charge on any atom is 0.237 e. The van der Waals surface area contributed by atoms with Crippen molar-refractivity contribution in [2.75, 3.05) is 24.3 Å². The molecule has 2 aromatic carbocycles. The standard InChI is InChI=1S/C20H23NO2S/c1-14-10-11-17(23-3)20-16(14)8-6-12-21(20)19(22)13-24-18-9-5-4-7-15(18)2/h4-5,7,9-11H,6,8,12-13H2,1-3H3. The molecule has 0 fully saturated rings. The topological polar surface area (TPSA) is 29.5 Å². The fraction of sp³-hybridized carbons (Fsp3) is 0.350. The highest BCUT2D eigenvalue weighted by Gasteiger charge is 2.27. The first kappa shape index (κ1) is 16.9. The van der Waals surface area contributed by atoms with Gasteiger partial charge in [-0.3, -0.25) is 4.79 Å². The van der Waals surface area contributed by atoms with E-state index in [1.165, 1.54) is 21.6 Å². The van der Waals surface area contributed by atoms with E-state index in [9.17, 15) is 4.79 Å². The monoisotopic (exact) mass is 341 g/mol. The molecule has 1 aliphatic rings. The summed E-state index contributed by atoms with van der Waals surface area (Å²) in [5, 5.41) is 0. The number of ether oxygens (including phenoxy) is 1. The molecule has 1 amide bonds. The van der Waals surface area contributed by atoms with Gasteiger partial charge in [-0.1, -0.05) is 24.3 Å². The minimum Gasteiger partial charge on any atom is -0.495 e. The molecule has 0 unspecified atom stereocenters. The van der Waals surface area contributed by atoms with E-state index in [1.807, 2.05) is 23.1 Å². The Hall–Kier alpha value is -1.94. The molecule has 3 rings (SSSR count). The molecule has 1 heterocycles. The lowest BCUT2D eigenvalue weighted by Gasteiger charge is -2.32. The van der Waals surface area contributed by atoms with E-state index < -0.39 is 0 Å². The first-order valence-electron chi connectivity index (χ1n) is 8.27. The summed E-state index contributed by atoms with van der Waals surface area (Å²) in [5.41, 5.74) is 4.66. The highest BCUT2D eigenvalue weighted by molar-refractivity contribution is 8.00. The fourth-order valence-corrected chi connectivity index (χ4v) is 4.11. The first-order valence-corrected chi connectivity index (χ1v) is 9.25. The molecule has 1 aliphatic heterocycles. The van der Waals surface area contributed by atoms with E-state index in [-0.39, 0.29) is 5.91 Å². The van der Waals surface area contributed by atoms with Crippen molar-refractivity contribution in [1.82, 2.24) is 0 Å². The first-order chi connectivity index (χ1) is 11.6. The van der Waals surface area contributed by atoms with Crippen LogP contribution in [-0.4, -0.2) is 25.3 Å². The number of nitrogens with zero attached hydrogens (tertiary/aromatic N) is 1. The van der Waals surface area contributed by atoms with Gasteiger partial charge in [0.1, 0.15) is 5.75 Å². The zero-order chi connectivity index (χ0) is 17.1. The summed E-state index contributed by atoms with van der Waals surface area (Å²) in [4.78, 5) is 16.0. The second-order valence-electron chi connectivity index (χ2n) is 6.11. The Morgan fingerprint density at radius 1 is 1.17 bits per heavy atom. The van der Waals surface area contributed by atoms with E-state index in [2.05, 4.69) is 32.0 Å². The number of carbonyl (C=O) groups excluding carboxylic acids is 1. The van der Waals surface area contributed by atoms with Gasteiger partial charge in [-0.05, 0) is 55.5 Å². The van der Waals surface area contributed by atoms with Crippen molar-refractivity contribution in [3.8, 4) is 5.75 Å². The van der Waals surface area contributed by atoms with Crippen LogP contribution in [0, 0.1) is 13.8 Å². The van der Waals surface area contributed by atoms with Crippen LogP contribution in [0.3, 0.4) is 0 Å². The quantitative estimate of drug-likeness (QED) is 0.773. The molecule has 0 atom stereocenters. The average molecular weight is 341 g/mol. The van der Waals surface area contributed by atoms with Crippen molar-refractivity contribution in [1.29, 1.82) is 0 Å². The summed E-state index contributed by atoms with van der Waals surface area (Å²) in [6.07, 6.45) is 2.01. The summed E-state index contributed by atoms with van der Waals surface area (Å²) in [6, 6.07) is 12.2. The molecule has 0 radical (unpaired) electrons. The third-order valence-electron chi connectivity index (χ3n) is 4.52. The van der Waals surface area contributed by atoms with Gasteiger partial charge in [-0.25, -0.2) is 0 Å². The van der Waals surface area contributed by atoms with Crippen molar-refractivity contribution in [2.45, 2.75) is 31.6 Å². The van der Waals surface area contributed by atoms with Crippen LogP contribution < -0.4 is 9.64 Å². The Balaban J connectivity index is 1.82. The number of thioether (sulfide) groups is 1. The second-order valence-corrected chi connectivity index (χ2v) is 7.13. The molecule has 0 N–H and O–H groups in total. The van der Waals surface area contributed by atoms with Crippen LogP contribution >= 0.6 is 11.8 Å². The van der Waals surface area contributed by atoms with Crippen molar-refractivity contribution < 1.29 is 9.53 Å². The summed E-state index contributed by atoms with van der Waals surface area (Å²) < 4.78 is 5.53. The SMILES string of the molecule is COc1ccc(C)c2c1N(C(=O)CSc1ccccc1C)CCC2. The summed E-state index contributed by atoms with van der Waals surface area (Å²) in [6.45, 7) is 4.95. The van der Waals surface area contributed by atoms with Gasteiger partial charge in [0.15, 0.2) is 0 Å². The van der Waals surface area contributed by atoms with Gasteiger partial charge >= 0.3 is 0 Å². The lowest BCUT2D eigenvalue weighted by molar-refractivity contribution is -0.116. The average Bonchev–Trinajstić information content (AvgIpc) is 2.61. The molecule has 2 aromatic rings. The van der Waals surface area contributed by atoms with Gasteiger partial charge in [0.2, 0.25) is 5.91 Å². The third kappa shape index (κ3) is 3.29. The molecule has 0 spiro atoms. The number of amides is 1. The van der Waals surface area contributed by atoms with E-state index >= 15 is 0 Å². The highest BCUT2D eigenvalue weighted by atomic mass is 32.2. The number of benzene rings is 2. The molecule has 0 saturated carbocycles. The molecule has 4 heteroatoms. The number of hydrogen-bond acceptors (Lipinski definition) is 3. The molecule has 0 aliphatic carbocycles. The van der Waals surface area contributed by atoms with E-state index in [4.69, 9.17) is 4.74 Å². The van der Waals surface area contributed by atoms with Crippen molar-refractivity contribution in [3.05, 3.63) is 53.1 Å². The molecule has 0 aromatic heterocycles. The van der Waals surface area contributed by atoms with Gasteiger partial charge in [0.25, 0.3) is 0 Å². The number of hydrogen-bond donors (Lipinski definition) is 0. The van der Waals surface area contributed by atoms with Crippen molar-refractivity contribution in [2.24, 2.45) is 0 Å². The van der Waals surface area contributed by atoms with Crippen LogP contribution in [-0.2, 0) is 11.2 Å². The summed E-state index contributed by atoms with van der Waals surface area (Å²) >= 11 is 1.61. The maximum atomic E-state index is 12.9. The molecular weight excluding hydrogens is 318 g/mol. The molecule has 0 saturated heterocycles. The van der Waals surface area contributed by atoms with Crippen LogP contribution in [0.1, 0.15) is 23.1 Å². The summed E-state index contributed by atoms with van der Waals surface area (Å²) in [5.74, 6) is 1.39. The van der Waals surface area contributed by atoms with E-state index in [0.717, 1.165) is 30.8 Å². The van der Waals surface area contributed by atoms with Gasteiger partial charge < -0.3 is 9.64 Å². The predicted molar refractivity (Wildman–Crippen MR) is 100 cm³/mol. The van der Waals surface area contributed by atoms with Gasteiger partial charge in [0, 0.05) is 11.4 Å². The van der Waals surface area contributed by atoms with Crippen LogP contribution in [0.5, 0.6) is 5.75 Å². The molecule has 24 heavy (non-hydrogen) atoms.